The van der Waals surface area contributed by atoms with Crippen LogP contribution >= 0.6 is 23.1 Å². The van der Waals surface area contributed by atoms with Gasteiger partial charge in [0, 0.05) is 41.7 Å². The van der Waals surface area contributed by atoms with Crippen LogP contribution in [0, 0.1) is 0 Å². The number of carbonyl (C=O) groups is 2. The molecule has 1 saturated heterocycles. The number of aliphatic imine (C=N–C) groups is 1. The number of β-amino-alcohol motifs (C(OH)–C–C–N with tert-alkyl or cyclic N) is 1. The zero-order chi connectivity index (χ0) is 25.9. The van der Waals surface area contributed by atoms with Crippen molar-refractivity contribution in [3.05, 3.63) is 70.2 Å². The number of thioether (sulfide) groups is 1. The summed E-state index contributed by atoms with van der Waals surface area (Å²) in [5, 5.41) is 17.0. The predicted octanol–water partition coefficient (Wildman–Crippen LogP) is 4.64. The highest BCUT2D eigenvalue weighted by molar-refractivity contribution is 7.98. The lowest BCUT2D eigenvalue weighted by Crippen LogP contribution is -2.42. The zero-order valence-corrected chi connectivity index (χ0v) is 22.0. The van der Waals surface area contributed by atoms with E-state index in [1.54, 1.807) is 39.4 Å². The van der Waals surface area contributed by atoms with Crippen molar-refractivity contribution in [2.24, 2.45) is 4.99 Å². The number of fused-ring (bicyclic) bond motifs is 1. The molecule has 0 aliphatic carbocycles. The van der Waals surface area contributed by atoms with Crippen LogP contribution in [0.1, 0.15) is 39.3 Å². The first-order valence-electron chi connectivity index (χ1n) is 11.9. The summed E-state index contributed by atoms with van der Waals surface area (Å²) in [4.78, 5) is 38.5. The fourth-order valence-corrected chi connectivity index (χ4v) is 5.83. The van der Waals surface area contributed by atoms with Gasteiger partial charge in [0.25, 0.3) is 11.8 Å². The van der Waals surface area contributed by atoms with Crippen molar-refractivity contribution in [3.8, 4) is 11.3 Å². The van der Waals surface area contributed by atoms with Gasteiger partial charge in [-0.15, -0.1) is 11.8 Å². The Morgan fingerprint density at radius 2 is 2.19 bits per heavy atom. The fourth-order valence-electron chi connectivity index (χ4n) is 4.58. The van der Waals surface area contributed by atoms with Crippen molar-refractivity contribution >= 4 is 53.0 Å². The van der Waals surface area contributed by atoms with Gasteiger partial charge >= 0.3 is 0 Å². The maximum absolute atomic E-state index is 13.7. The first-order chi connectivity index (χ1) is 18.0. The maximum atomic E-state index is 13.7. The quantitative estimate of drug-likeness (QED) is 0.266. The number of hydrogen-bond acceptors (Lipinski definition) is 7. The summed E-state index contributed by atoms with van der Waals surface area (Å²) < 4.78 is 1.70. The first-order valence-corrected chi connectivity index (χ1v) is 14.1. The third-order valence-electron chi connectivity index (χ3n) is 6.44. The molecule has 1 aliphatic rings. The number of aromatic nitrogens is 2. The van der Waals surface area contributed by atoms with E-state index in [1.165, 1.54) is 11.3 Å². The van der Waals surface area contributed by atoms with E-state index in [1.807, 2.05) is 41.3 Å². The largest absolute Gasteiger partial charge is 0.391 e. The van der Waals surface area contributed by atoms with Crippen LogP contribution in [0.2, 0.25) is 0 Å². The van der Waals surface area contributed by atoms with Gasteiger partial charge in [-0.05, 0) is 67.1 Å². The van der Waals surface area contributed by atoms with Crippen LogP contribution in [-0.2, 0) is 6.54 Å². The number of hydrogen-bond donors (Lipinski definition) is 2. The van der Waals surface area contributed by atoms with E-state index >= 15 is 0 Å². The number of rotatable bonds is 7. The fraction of sp³-hybridized carbons (Fsp3) is 0.259. The van der Waals surface area contributed by atoms with Gasteiger partial charge in [0.15, 0.2) is 5.65 Å². The number of pyridine rings is 1. The normalized spacial score (nSPS) is 15.6. The molecule has 0 bridgehead atoms. The lowest BCUT2D eigenvalue weighted by molar-refractivity contribution is 0.0468. The minimum Gasteiger partial charge on any atom is -0.391 e. The van der Waals surface area contributed by atoms with E-state index in [9.17, 15) is 14.7 Å². The van der Waals surface area contributed by atoms with E-state index in [2.05, 4.69) is 17.0 Å². The number of amides is 2. The van der Waals surface area contributed by atoms with Gasteiger partial charge in [0.2, 0.25) is 0 Å². The molecule has 3 aromatic heterocycles. The lowest BCUT2D eigenvalue weighted by Gasteiger charge is -2.30. The highest BCUT2D eigenvalue weighted by Gasteiger charge is 2.30. The standard InChI is InChI=1S/C27H27N5O3S2/c1-28-21-8-7-17(13-22(21)36-2)14-29-26(34)20-6-4-11-32-24(27(35)31-10-3-5-19(33)15-31)23(30-25(20)32)18-9-12-37-16-18/h4,6-9,11-13,16,19,33H,1,3,5,10,14-15H2,2H3,(H,29,34)/t19-/m1/s1. The van der Waals surface area contributed by atoms with Crippen molar-refractivity contribution in [1.82, 2.24) is 19.6 Å². The van der Waals surface area contributed by atoms with Crippen LogP contribution in [0.3, 0.4) is 0 Å². The predicted molar refractivity (Wildman–Crippen MR) is 148 cm³/mol. The van der Waals surface area contributed by atoms with Crippen molar-refractivity contribution < 1.29 is 14.7 Å². The van der Waals surface area contributed by atoms with Crippen LogP contribution in [0.5, 0.6) is 0 Å². The van der Waals surface area contributed by atoms with Crippen molar-refractivity contribution in [3.63, 3.8) is 0 Å². The second kappa shape index (κ2) is 10.9. The van der Waals surface area contributed by atoms with Gasteiger partial charge in [-0.3, -0.25) is 19.0 Å². The van der Waals surface area contributed by atoms with Gasteiger partial charge in [0.1, 0.15) is 11.4 Å². The van der Waals surface area contributed by atoms with Crippen LogP contribution < -0.4 is 5.32 Å². The van der Waals surface area contributed by atoms with E-state index in [-0.39, 0.29) is 18.4 Å². The average molecular weight is 534 g/mol. The van der Waals surface area contributed by atoms with Gasteiger partial charge < -0.3 is 15.3 Å². The number of nitrogens with zero attached hydrogens (tertiary/aromatic N) is 4. The molecule has 10 heteroatoms. The molecular weight excluding hydrogens is 506 g/mol. The number of imidazole rings is 1. The van der Waals surface area contributed by atoms with Crippen LogP contribution in [0.15, 0.2) is 63.2 Å². The smallest absolute Gasteiger partial charge is 0.273 e. The van der Waals surface area contributed by atoms with Crippen LogP contribution in [0.4, 0.5) is 5.69 Å². The Kier molecular flexibility index (Phi) is 7.40. The number of carbonyl (C=O) groups excluding carboxylic acids is 2. The SMILES string of the molecule is C=Nc1ccc(CNC(=O)c2cccn3c(C(=O)N4CCC[C@@H](O)C4)c(-c4ccsc4)nc23)cc1SC. The third-order valence-corrected chi connectivity index (χ3v) is 7.89. The zero-order valence-electron chi connectivity index (χ0n) is 20.4. The van der Waals surface area contributed by atoms with E-state index in [0.29, 0.717) is 42.1 Å². The topological polar surface area (TPSA) is 99.3 Å². The van der Waals surface area contributed by atoms with Crippen molar-refractivity contribution in [2.45, 2.75) is 30.4 Å². The van der Waals surface area contributed by atoms with Gasteiger partial charge in [-0.2, -0.15) is 11.3 Å². The number of aliphatic hydroxyl groups excluding tert-OH is 1. The van der Waals surface area contributed by atoms with Crippen LogP contribution in [-0.4, -0.2) is 63.4 Å². The van der Waals surface area contributed by atoms with Gasteiger partial charge in [-0.1, -0.05) is 6.07 Å². The molecule has 5 rings (SSSR count). The summed E-state index contributed by atoms with van der Waals surface area (Å²) in [5.41, 5.74) is 4.30. The number of nitrogens with one attached hydrogen (secondary N) is 1. The molecule has 1 atom stereocenters. The molecular formula is C27H27N5O3S2. The van der Waals surface area contributed by atoms with E-state index < -0.39 is 6.10 Å². The molecule has 2 amide bonds. The van der Waals surface area contributed by atoms with Crippen LogP contribution in [0.25, 0.3) is 16.9 Å². The number of likely N-dealkylation sites (tertiary alicyclic amines) is 1. The first kappa shape index (κ1) is 25.2. The Morgan fingerprint density at radius 1 is 1.32 bits per heavy atom. The molecule has 4 heterocycles. The summed E-state index contributed by atoms with van der Waals surface area (Å²) in [6.45, 7) is 4.80. The summed E-state index contributed by atoms with van der Waals surface area (Å²) >= 11 is 3.09. The van der Waals surface area contributed by atoms with Gasteiger partial charge in [0.05, 0.1) is 17.4 Å². The number of piperidine rings is 1. The lowest BCUT2D eigenvalue weighted by atomic mass is 10.1. The molecule has 4 aromatic rings. The Morgan fingerprint density at radius 3 is 2.92 bits per heavy atom. The molecule has 8 nitrogen and oxygen atoms in total. The molecule has 0 radical (unpaired) electrons. The van der Waals surface area contributed by atoms with Gasteiger partial charge in [-0.25, -0.2) is 4.98 Å². The second-order valence-electron chi connectivity index (χ2n) is 8.83. The molecule has 1 aromatic carbocycles. The highest BCUT2D eigenvalue weighted by atomic mass is 32.2. The highest BCUT2D eigenvalue weighted by Crippen LogP contribution is 2.30. The Labute approximate surface area is 223 Å². The summed E-state index contributed by atoms with van der Waals surface area (Å²) in [5.74, 6) is -0.484. The molecule has 0 saturated carbocycles. The molecule has 0 spiro atoms. The van der Waals surface area contributed by atoms with Crippen molar-refractivity contribution in [2.75, 3.05) is 19.3 Å². The Balaban J connectivity index is 1.49. The molecule has 1 fully saturated rings. The monoisotopic (exact) mass is 533 g/mol. The molecule has 190 valence electrons. The Hall–Kier alpha value is -3.47. The summed E-state index contributed by atoms with van der Waals surface area (Å²) in [6.07, 6.45) is 4.62. The molecule has 1 aliphatic heterocycles. The number of thiophene rings is 1. The van der Waals surface area contributed by atoms with E-state index in [4.69, 9.17) is 4.98 Å². The minimum absolute atomic E-state index is 0.203. The number of aliphatic hydroxyl groups is 1. The average Bonchev–Trinajstić information content (AvgIpc) is 3.59. The Bertz CT molecular complexity index is 1460. The third kappa shape index (κ3) is 5.04. The minimum atomic E-state index is -0.536. The van der Waals surface area contributed by atoms with E-state index in [0.717, 1.165) is 28.1 Å². The second-order valence-corrected chi connectivity index (χ2v) is 10.5. The number of benzene rings is 1. The van der Waals surface area contributed by atoms with Crippen molar-refractivity contribution in [1.29, 1.82) is 0 Å². The summed E-state index contributed by atoms with van der Waals surface area (Å²) in [7, 11) is 0. The molecule has 0 unspecified atom stereocenters. The molecule has 37 heavy (non-hydrogen) atoms. The summed E-state index contributed by atoms with van der Waals surface area (Å²) in [6, 6.07) is 11.2. The molecule has 2 N–H and O–H groups in total. The maximum Gasteiger partial charge on any atom is 0.273 e.